The maximum Gasteiger partial charge on any atom is 0.268 e. The van der Waals surface area contributed by atoms with Gasteiger partial charge >= 0.3 is 0 Å². The largest absolute Gasteiger partial charge is 0.756 e. The smallest absolute Gasteiger partial charge is 0.268 e. The summed E-state index contributed by atoms with van der Waals surface area (Å²) >= 11 is 0. The lowest BCUT2D eigenvalue weighted by Gasteiger charge is -2.30. The number of quaternary nitrogens is 1. The van der Waals surface area contributed by atoms with Crippen LogP contribution in [-0.2, 0) is 18.4 Å². The van der Waals surface area contributed by atoms with Crippen LogP contribution in [0.4, 0.5) is 0 Å². The molecule has 0 saturated heterocycles. The van der Waals surface area contributed by atoms with Gasteiger partial charge in [0.25, 0.3) is 7.82 Å². The monoisotopic (exact) mass is 1010 g/mol. The summed E-state index contributed by atoms with van der Waals surface area (Å²) < 4.78 is 23.5. The first-order valence-corrected chi connectivity index (χ1v) is 32.8. The predicted octanol–water partition coefficient (Wildman–Crippen LogP) is 18.6. The van der Waals surface area contributed by atoms with Gasteiger partial charge in [-0.25, -0.2) is 0 Å². The molecule has 0 bridgehead atoms. The molecule has 0 rings (SSSR count). The summed E-state index contributed by atoms with van der Waals surface area (Å²) in [7, 11) is 1.33. The molecule has 420 valence electrons. The van der Waals surface area contributed by atoms with Gasteiger partial charge in [-0.3, -0.25) is 9.36 Å². The number of unbranched alkanes of at least 4 members (excludes halogenated alkanes) is 46. The van der Waals surface area contributed by atoms with Crippen molar-refractivity contribution in [2.24, 2.45) is 0 Å². The topological polar surface area (TPSA) is 108 Å². The number of hydrogen-bond acceptors (Lipinski definition) is 6. The minimum absolute atomic E-state index is 0.0168. The summed E-state index contributed by atoms with van der Waals surface area (Å²) in [5.41, 5.74) is 0. The zero-order valence-electron chi connectivity index (χ0n) is 48.0. The molecule has 0 aliphatic rings. The second-order valence-corrected chi connectivity index (χ2v) is 24.5. The molecule has 1 amide bonds. The molecule has 70 heavy (non-hydrogen) atoms. The number of phosphoric acid groups is 1. The molecule has 0 fully saturated rings. The number of nitrogens with one attached hydrogen (secondary N) is 1. The Morgan fingerprint density at radius 2 is 0.700 bits per heavy atom. The maximum absolute atomic E-state index is 13.0. The Kier molecular flexibility index (Phi) is 52.9. The molecular weight excluding hydrogens is 888 g/mol. The second-order valence-electron chi connectivity index (χ2n) is 23.1. The number of carbonyl (C=O) groups excluding carboxylic acids is 1. The highest BCUT2D eigenvalue weighted by Gasteiger charge is 2.24. The summed E-state index contributed by atoms with van der Waals surface area (Å²) in [6, 6.07) is -0.796. The van der Waals surface area contributed by atoms with Crippen LogP contribution in [0.25, 0.3) is 0 Å². The Hall–Kier alpha value is -0.500. The normalized spacial score (nSPS) is 13.8. The first kappa shape index (κ1) is 69.5. The van der Waals surface area contributed by atoms with Crippen LogP contribution in [0, 0.1) is 0 Å². The molecule has 0 saturated carbocycles. The lowest BCUT2D eigenvalue weighted by molar-refractivity contribution is -0.870. The number of rotatable bonds is 59. The quantitative estimate of drug-likeness (QED) is 0.0357. The fourth-order valence-electron chi connectivity index (χ4n) is 9.93. The summed E-state index contributed by atoms with van der Waals surface area (Å²) in [5, 5.41) is 14.1. The minimum atomic E-state index is -4.57. The molecule has 0 aromatic carbocycles. The van der Waals surface area contributed by atoms with Gasteiger partial charge in [-0.15, -0.1) is 0 Å². The van der Waals surface area contributed by atoms with E-state index in [1.165, 1.54) is 270 Å². The molecule has 0 heterocycles. The fraction of sp³-hybridized carbons (Fsp3) is 0.984. The highest BCUT2D eigenvalue weighted by molar-refractivity contribution is 7.45. The number of phosphoric ester groups is 1. The van der Waals surface area contributed by atoms with Crippen LogP contribution in [0.5, 0.6) is 0 Å². The number of carbonyl (C=O) groups is 1. The van der Waals surface area contributed by atoms with Crippen LogP contribution < -0.4 is 10.2 Å². The van der Waals surface area contributed by atoms with Gasteiger partial charge in [0.15, 0.2) is 0 Å². The summed E-state index contributed by atoms with van der Waals surface area (Å²) in [4.78, 5) is 25.6. The zero-order valence-corrected chi connectivity index (χ0v) is 48.9. The Balaban J connectivity index is 4.06. The number of hydrogen-bond donors (Lipinski definition) is 2. The van der Waals surface area contributed by atoms with Crippen molar-refractivity contribution < 1.29 is 32.9 Å². The first-order valence-electron chi connectivity index (χ1n) is 31.4. The van der Waals surface area contributed by atoms with Gasteiger partial charge in [0.2, 0.25) is 5.91 Å². The van der Waals surface area contributed by atoms with E-state index in [4.69, 9.17) is 9.05 Å². The van der Waals surface area contributed by atoms with Crippen molar-refractivity contribution in [2.75, 3.05) is 40.9 Å². The third kappa shape index (κ3) is 55.3. The van der Waals surface area contributed by atoms with E-state index < -0.39 is 20.0 Å². The zero-order chi connectivity index (χ0) is 51.3. The SMILES string of the molecule is CCCCCCCCCCCCCCCCCCCCCCCCCCCCC(=O)NC(COP(=O)([O-])OCC[N+](C)(C)C)C(O)CCCCCCCCCCCCCCCCCCCCCCCC. The number of amides is 1. The third-order valence-electron chi connectivity index (χ3n) is 14.8. The molecule has 3 atom stereocenters. The van der Waals surface area contributed by atoms with Gasteiger partial charge in [-0.1, -0.05) is 316 Å². The molecule has 3 unspecified atom stereocenters. The lowest BCUT2D eigenvalue weighted by Crippen LogP contribution is -2.46. The molecule has 8 nitrogen and oxygen atoms in total. The van der Waals surface area contributed by atoms with Gasteiger partial charge in [0, 0.05) is 6.42 Å². The number of aliphatic hydroxyl groups is 1. The Morgan fingerprint density at radius 1 is 0.443 bits per heavy atom. The van der Waals surface area contributed by atoms with E-state index >= 15 is 0 Å². The summed E-state index contributed by atoms with van der Waals surface area (Å²) in [6.07, 6.45) is 64.3. The number of aliphatic hydroxyl groups excluding tert-OH is 1. The Bertz CT molecular complexity index is 1100. The molecule has 0 spiro atoms. The first-order chi connectivity index (χ1) is 34.0. The number of nitrogens with zero attached hydrogens (tertiary/aromatic N) is 1. The maximum atomic E-state index is 13.0. The van der Waals surface area contributed by atoms with Gasteiger partial charge in [-0.05, 0) is 12.8 Å². The highest BCUT2D eigenvalue weighted by Crippen LogP contribution is 2.38. The van der Waals surface area contributed by atoms with Crippen LogP contribution in [0.2, 0.25) is 0 Å². The van der Waals surface area contributed by atoms with E-state index in [2.05, 4.69) is 19.2 Å². The van der Waals surface area contributed by atoms with Crippen molar-refractivity contribution in [3.8, 4) is 0 Å². The second kappa shape index (κ2) is 53.3. The molecule has 9 heteroatoms. The van der Waals surface area contributed by atoms with Gasteiger partial charge in [-0.2, -0.15) is 0 Å². The fourth-order valence-corrected chi connectivity index (χ4v) is 10.7. The van der Waals surface area contributed by atoms with Crippen LogP contribution >= 0.6 is 7.82 Å². The number of likely N-dealkylation sites (N-methyl/N-ethyl adjacent to an activating group) is 1. The Morgan fingerprint density at radius 3 is 0.971 bits per heavy atom. The van der Waals surface area contributed by atoms with Crippen molar-refractivity contribution in [1.82, 2.24) is 5.32 Å². The van der Waals surface area contributed by atoms with Crippen LogP contribution in [0.1, 0.15) is 335 Å². The molecule has 0 aliphatic carbocycles. The highest BCUT2D eigenvalue weighted by atomic mass is 31.2. The summed E-state index contributed by atoms with van der Waals surface area (Å²) in [5.74, 6) is -0.155. The molecule has 0 radical (unpaired) electrons. The molecule has 0 aliphatic heterocycles. The van der Waals surface area contributed by atoms with Crippen molar-refractivity contribution in [3.05, 3.63) is 0 Å². The lowest BCUT2D eigenvalue weighted by atomic mass is 10.0. The van der Waals surface area contributed by atoms with Gasteiger partial charge in [0.05, 0.1) is 39.9 Å². The molecule has 0 aromatic rings. The average molecular weight is 1010 g/mol. The average Bonchev–Trinajstić information content (AvgIpc) is 3.32. The molecule has 0 aromatic heterocycles. The van der Waals surface area contributed by atoms with Crippen LogP contribution in [-0.4, -0.2) is 68.5 Å². The van der Waals surface area contributed by atoms with Crippen molar-refractivity contribution in [3.63, 3.8) is 0 Å². The van der Waals surface area contributed by atoms with Crippen molar-refractivity contribution >= 4 is 13.7 Å². The van der Waals surface area contributed by atoms with Crippen LogP contribution in [0.3, 0.4) is 0 Å². The third-order valence-corrected chi connectivity index (χ3v) is 15.8. The molecular formula is C61H125N2O6P. The van der Waals surface area contributed by atoms with E-state index in [-0.39, 0.29) is 19.1 Å². The van der Waals surface area contributed by atoms with Gasteiger partial charge in [0.1, 0.15) is 13.2 Å². The minimum Gasteiger partial charge on any atom is -0.756 e. The standard InChI is InChI=1S/C61H125N2O6P/c1-6-8-10-12-14-16-18-20-22-24-26-28-30-31-32-33-35-37-39-41-43-45-47-49-51-53-55-61(65)62-59(58-69-70(66,67)68-57-56-63(3,4)5)60(64)54-52-50-48-46-44-42-40-38-36-34-29-27-25-23-21-19-17-15-13-11-9-7-2/h59-60,64H,6-58H2,1-5H3,(H-,62,65,66,67). The summed E-state index contributed by atoms with van der Waals surface area (Å²) in [6.45, 7) is 4.79. The van der Waals surface area contributed by atoms with E-state index in [0.29, 0.717) is 23.9 Å². The van der Waals surface area contributed by atoms with Gasteiger partial charge < -0.3 is 28.8 Å². The van der Waals surface area contributed by atoms with Crippen LogP contribution in [0.15, 0.2) is 0 Å². The van der Waals surface area contributed by atoms with E-state index in [1.807, 2.05) is 21.1 Å². The predicted molar refractivity (Wildman–Crippen MR) is 303 cm³/mol. The van der Waals surface area contributed by atoms with E-state index in [0.717, 1.165) is 38.5 Å². The Labute approximate surface area is 438 Å². The van der Waals surface area contributed by atoms with E-state index in [1.54, 1.807) is 0 Å². The van der Waals surface area contributed by atoms with E-state index in [9.17, 15) is 19.4 Å². The van der Waals surface area contributed by atoms with Crippen molar-refractivity contribution in [1.29, 1.82) is 0 Å². The molecule has 2 N–H and O–H groups in total. The van der Waals surface area contributed by atoms with Crippen molar-refractivity contribution in [2.45, 2.75) is 347 Å².